The molecule has 0 bridgehead atoms. The summed E-state index contributed by atoms with van der Waals surface area (Å²) in [4.78, 5) is 9.40. The molecule has 0 saturated heterocycles. The third kappa shape index (κ3) is 5.34. The Hall–Kier alpha value is -0.121. The first-order chi connectivity index (χ1) is 9.68. The van der Waals surface area contributed by atoms with Crippen LogP contribution in [0.2, 0.25) is 13.3 Å². The van der Waals surface area contributed by atoms with Crippen LogP contribution in [0, 0.1) is 6.92 Å². The maximum absolute atomic E-state index is 4.84. The first-order valence-corrected chi connectivity index (χ1v) is 16.0. The van der Waals surface area contributed by atoms with Crippen LogP contribution in [0.5, 0.6) is 0 Å². The van der Waals surface area contributed by atoms with Crippen LogP contribution in [0.1, 0.15) is 65.0 Å². The summed E-state index contributed by atoms with van der Waals surface area (Å²) in [5.74, 6) is 0. The Balaban J connectivity index is 3.00. The van der Waals surface area contributed by atoms with Crippen LogP contribution in [0.3, 0.4) is 0 Å². The van der Waals surface area contributed by atoms with E-state index < -0.39 is 18.4 Å². The molecule has 1 heterocycles. The van der Waals surface area contributed by atoms with E-state index in [0.29, 0.717) is 0 Å². The molecule has 114 valence electrons. The van der Waals surface area contributed by atoms with Crippen molar-refractivity contribution in [3.63, 3.8) is 0 Å². The fraction of sp³-hybridized carbons (Fsp3) is 0.765. The molecule has 0 spiro atoms. The van der Waals surface area contributed by atoms with Crippen molar-refractivity contribution in [2.45, 2.75) is 79.5 Å². The minimum atomic E-state index is -2.30. The van der Waals surface area contributed by atoms with E-state index in [0.717, 1.165) is 5.69 Å². The van der Waals surface area contributed by atoms with Gasteiger partial charge in [0.2, 0.25) is 0 Å². The van der Waals surface area contributed by atoms with Gasteiger partial charge in [0.25, 0.3) is 0 Å². The number of unbranched alkanes of at least 4 members (excludes halogenated alkanes) is 3. The van der Waals surface area contributed by atoms with E-state index >= 15 is 0 Å². The van der Waals surface area contributed by atoms with E-state index in [1.165, 1.54) is 55.5 Å². The SMILES string of the molecule is CCC[CH2][Sn]([CH2]CCC)([CH2]CCC)[c]1cnc(C)cn1. The number of aromatic nitrogens is 2. The summed E-state index contributed by atoms with van der Waals surface area (Å²) in [6.45, 7) is 8.99. The molecular weight excluding hydrogens is 351 g/mol. The van der Waals surface area contributed by atoms with Gasteiger partial charge in [-0.1, -0.05) is 0 Å². The topological polar surface area (TPSA) is 25.8 Å². The van der Waals surface area contributed by atoms with Crippen molar-refractivity contribution in [1.82, 2.24) is 9.97 Å². The molecule has 0 fully saturated rings. The molecule has 0 atom stereocenters. The maximum atomic E-state index is 4.84. The summed E-state index contributed by atoms with van der Waals surface area (Å²) in [6.07, 6.45) is 12.2. The molecule has 0 aromatic carbocycles. The minimum absolute atomic E-state index is 1.05. The molecule has 0 aliphatic carbocycles. The van der Waals surface area contributed by atoms with Crippen LogP contribution in [0.4, 0.5) is 0 Å². The zero-order valence-electron chi connectivity index (χ0n) is 13.9. The second-order valence-corrected chi connectivity index (χ2v) is 19.2. The summed E-state index contributed by atoms with van der Waals surface area (Å²) < 4.78 is 5.87. The number of hydrogen-bond acceptors (Lipinski definition) is 2. The molecule has 0 unspecified atom stereocenters. The number of rotatable bonds is 10. The van der Waals surface area contributed by atoms with Gasteiger partial charge in [0.05, 0.1) is 0 Å². The summed E-state index contributed by atoms with van der Waals surface area (Å²) in [5.41, 5.74) is 1.05. The zero-order valence-corrected chi connectivity index (χ0v) is 16.8. The Labute approximate surface area is 129 Å². The van der Waals surface area contributed by atoms with Gasteiger partial charge in [-0.15, -0.1) is 0 Å². The van der Waals surface area contributed by atoms with Gasteiger partial charge in [-0.25, -0.2) is 0 Å². The molecule has 0 radical (unpaired) electrons. The Kier molecular flexibility index (Phi) is 8.74. The van der Waals surface area contributed by atoms with E-state index in [1.54, 1.807) is 0 Å². The fourth-order valence-corrected chi connectivity index (χ4v) is 18.1. The number of aryl methyl sites for hydroxylation is 1. The summed E-state index contributed by atoms with van der Waals surface area (Å²) in [7, 11) is 0. The molecule has 2 nitrogen and oxygen atoms in total. The average Bonchev–Trinajstić information content (AvgIpc) is 2.48. The van der Waals surface area contributed by atoms with Gasteiger partial charge < -0.3 is 0 Å². The van der Waals surface area contributed by atoms with Crippen molar-refractivity contribution in [2.24, 2.45) is 0 Å². The van der Waals surface area contributed by atoms with Crippen LogP contribution < -0.4 is 3.71 Å². The second-order valence-electron chi connectivity index (χ2n) is 6.13. The molecule has 0 saturated carbocycles. The van der Waals surface area contributed by atoms with Crippen LogP contribution >= 0.6 is 0 Å². The number of hydrogen-bond donors (Lipinski definition) is 0. The van der Waals surface area contributed by atoms with Gasteiger partial charge in [0, 0.05) is 0 Å². The van der Waals surface area contributed by atoms with Gasteiger partial charge in [-0.05, 0) is 0 Å². The Morgan fingerprint density at radius 2 is 1.30 bits per heavy atom. The predicted molar refractivity (Wildman–Crippen MR) is 91.3 cm³/mol. The third-order valence-corrected chi connectivity index (χ3v) is 19.4. The van der Waals surface area contributed by atoms with Gasteiger partial charge in [-0.2, -0.15) is 0 Å². The molecule has 0 N–H and O–H groups in total. The molecule has 1 aromatic rings. The van der Waals surface area contributed by atoms with Crippen molar-refractivity contribution in [3.05, 3.63) is 18.1 Å². The second kappa shape index (κ2) is 9.75. The Morgan fingerprint density at radius 1 is 0.800 bits per heavy atom. The van der Waals surface area contributed by atoms with E-state index in [4.69, 9.17) is 4.98 Å². The standard InChI is InChI=1S/C5H5N2.3C4H9.Sn/c1-5-4-6-2-3-7-5;3*1-3-4-2;/h3-4H,1H3;3*1,3-4H2,2H3;. The molecule has 1 rings (SSSR count). The molecule has 20 heavy (non-hydrogen) atoms. The van der Waals surface area contributed by atoms with Crippen molar-refractivity contribution in [3.8, 4) is 0 Å². The van der Waals surface area contributed by atoms with Gasteiger partial charge in [0.1, 0.15) is 0 Å². The summed E-state index contributed by atoms with van der Waals surface area (Å²) in [6, 6.07) is 0. The molecule has 0 aliphatic heterocycles. The average molecular weight is 383 g/mol. The summed E-state index contributed by atoms with van der Waals surface area (Å²) in [5, 5.41) is 0. The van der Waals surface area contributed by atoms with Gasteiger partial charge in [0.15, 0.2) is 0 Å². The van der Waals surface area contributed by atoms with Crippen LogP contribution in [-0.2, 0) is 0 Å². The first kappa shape index (κ1) is 17.9. The van der Waals surface area contributed by atoms with Gasteiger partial charge >= 0.3 is 130 Å². The quantitative estimate of drug-likeness (QED) is 0.541. The van der Waals surface area contributed by atoms with E-state index in [1.807, 2.05) is 13.1 Å². The first-order valence-electron chi connectivity index (χ1n) is 8.47. The van der Waals surface area contributed by atoms with Gasteiger partial charge in [-0.3, -0.25) is 0 Å². The van der Waals surface area contributed by atoms with E-state index in [-0.39, 0.29) is 0 Å². The fourth-order valence-electron chi connectivity index (χ4n) is 2.97. The van der Waals surface area contributed by atoms with Crippen LogP contribution in [-0.4, -0.2) is 28.3 Å². The third-order valence-electron chi connectivity index (χ3n) is 4.35. The van der Waals surface area contributed by atoms with Crippen molar-refractivity contribution >= 4 is 22.1 Å². The predicted octanol–water partition coefficient (Wildman–Crippen LogP) is 4.84. The molecular formula is C17H32N2Sn. The number of nitrogens with zero attached hydrogens (tertiary/aromatic N) is 2. The summed E-state index contributed by atoms with van der Waals surface area (Å²) >= 11 is -2.30. The van der Waals surface area contributed by atoms with E-state index in [2.05, 4.69) is 32.0 Å². The molecule has 1 aromatic heterocycles. The molecule has 3 heteroatoms. The monoisotopic (exact) mass is 384 g/mol. The van der Waals surface area contributed by atoms with Crippen LogP contribution in [0.15, 0.2) is 12.4 Å². The Bertz CT molecular complexity index is 340. The molecule has 0 aliphatic rings. The molecule has 0 amide bonds. The van der Waals surface area contributed by atoms with Crippen molar-refractivity contribution < 1.29 is 0 Å². The van der Waals surface area contributed by atoms with Crippen molar-refractivity contribution in [1.29, 1.82) is 0 Å². The van der Waals surface area contributed by atoms with E-state index in [9.17, 15) is 0 Å². The van der Waals surface area contributed by atoms with Crippen LogP contribution in [0.25, 0.3) is 0 Å². The van der Waals surface area contributed by atoms with Crippen molar-refractivity contribution in [2.75, 3.05) is 0 Å². The zero-order chi connectivity index (χ0) is 14.8. The Morgan fingerprint density at radius 3 is 1.65 bits per heavy atom. The normalized spacial score (nSPS) is 11.8.